The number of rotatable bonds is 7. The Hall–Kier alpha value is -2.53. The summed E-state index contributed by atoms with van der Waals surface area (Å²) in [5.74, 6) is 2.84. The molecule has 3 aromatic rings. The zero-order chi connectivity index (χ0) is 20.1. The highest BCUT2D eigenvalue weighted by molar-refractivity contribution is 5.76. The third-order valence-electron chi connectivity index (χ3n) is 5.89. The van der Waals surface area contributed by atoms with Crippen molar-refractivity contribution < 1.29 is 9.47 Å². The smallest absolute Gasteiger partial charge is 0.127 e. The van der Waals surface area contributed by atoms with Crippen molar-refractivity contribution in [2.24, 2.45) is 0 Å². The van der Waals surface area contributed by atoms with Crippen molar-refractivity contribution in [2.45, 2.75) is 45.2 Å². The van der Waals surface area contributed by atoms with Crippen LogP contribution in [0.3, 0.4) is 0 Å². The molecule has 154 valence electrons. The molecule has 0 amide bonds. The van der Waals surface area contributed by atoms with Gasteiger partial charge in [-0.1, -0.05) is 25.0 Å². The Morgan fingerprint density at radius 1 is 0.931 bits per heavy atom. The summed E-state index contributed by atoms with van der Waals surface area (Å²) in [4.78, 5) is 7.61. The second-order valence-electron chi connectivity index (χ2n) is 7.76. The summed E-state index contributed by atoms with van der Waals surface area (Å²) in [7, 11) is 1.67. The first-order valence-corrected chi connectivity index (χ1v) is 10.7. The van der Waals surface area contributed by atoms with Gasteiger partial charge in [-0.2, -0.15) is 0 Å². The SMILES string of the molecule is COc1ccc(OCCn2c(C(C)N3CCCCCC3)nc3ccccc32)cc1. The second-order valence-corrected chi connectivity index (χ2v) is 7.76. The maximum Gasteiger partial charge on any atom is 0.127 e. The minimum atomic E-state index is 0.307. The summed E-state index contributed by atoms with van der Waals surface area (Å²) in [6, 6.07) is 16.5. The molecule has 1 saturated heterocycles. The average molecular weight is 394 g/mol. The van der Waals surface area contributed by atoms with E-state index in [0.717, 1.165) is 42.5 Å². The van der Waals surface area contributed by atoms with Crippen LogP contribution in [-0.2, 0) is 6.54 Å². The Morgan fingerprint density at radius 2 is 1.62 bits per heavy atom. The average Bonchev–Trinajstić information content (AvgIpc) is 2.92. The molecule has 1 fully saturated rings. The van der Waals surface area contributed by atoms with Crippen LogP contribution in [0.1, 0.15) is 44.5 Å². The summed E-state index contributed by atoms with van der Waals surface area (Å²) >= 11 is 0. The lowest BCUT2D eigenvalue weighted by molar-refractivity contribution is 0.204. The quantitative estimate of drug-likeness (QED) is 0.562. The molecule has 0 bridgehead atoms. The van der Waals surface area contributed by atoms with Gasteiger partial charge in [-0.05, 0) is 69.3 Å². The molecule has 1 unspecified atom stereocenters. The van der Waals surface area contributed by atoms with E-state index in [1.165, 1.54) is 31.2 Å². The minimum absolute atomic E-state index is 0.307. The van der Waals surface area contributed by atoms with Gasteiger partial charge in [0.1, 0.15) is 23.9 Å². The fourth-order valence-corrected chi connectivity index (χ4v) is 4.22. The summed E-state index contributed by atoms with van der Waals surface area (Å²) < 4.78 is 13.6. The number of nitrogens with zero attached hydrogens (tertiary/aromatic N) is 3. The summed E-state index contributed by atoms with van der Waals surface area (Å²) in [6.07, 6.45) is 5.25. The van der Waals surface area contributed by atoms with E-state index in [4.69, 9.17) is 14.5 Å². The molecule has 5 heteroatoms. The zero-order valence-corrected chi connectivity index (χ0v) is 17.5. The van der Waals surface area contributed by atoms with Crippen molar-refractivity contribution in [3.8, 4) is 11.5 Å². The van der Waals surface area contributed by atoms with Crippen molar-refractivity contribution in [3.63, 3.8) is 0 Å². The van der Waals surface area contributed by atoms with Gasteiger partial charge in [-0.25, -0.2) is 4.98 Å². The highest BCUT2D eigenvalue weighted by atomic mass is 16.5. The lowest BCUT2D eigenvalue weighted by atomic mass is 10.2. The van der Waals surface area contributed by atoms with Gasteiger partial charge in [0.25, 0.3) is 0 Å². The van der Waals surface area contributed by atoms with Crippen LogP contribution in [0, 0.1) is 0 Å². The van der Waals surface area contributed by atoms with Gasteiger partial charge in [-0.3, -0.25) is 4.90 Å². The Morgan fingerprint density at radius 3 is 2.34 bits per heavy atom. The molecule has 29 heavy (non-hydrogen) atoms. The molecule has 0 aliphatic carbocycles. The maximum atomic E-state index is 6.01. The van der Waals surface area contributed by atoms with Gasteiger partial charge in [-0.15, -0.1) is 0 Å². The van der Waals surface area contributed by atoms with E-state index < -0.39 is 0 Å². The second kappa shape index (κ2) is 9.31. The lowest BCUT2D eigenvalue weighted by Gasteiger charge is -2.27. The highest BCUT2D eigenvalue weighted by Crippen LogP contribution is 2.27. The minimum Gasteiger partial charge on any atom is -0.497 e. The van der Waals surface area contributed by atoms with E-state index in [2.05, 4.69) is 40.7 Å². The monoisotopic (exact) mass is 393 g/mol. The highest BCUT2D eigenvalue weighted by Gasteiger charge is 2.23. The number of imidazole rings is 1. The molecule has 1 aromatic heterocycles. The Kier molecular flexibility index (Phi) is 6.35. The first-order chi connectivity index (χ1) is 14.3. The Labute approximate surface area is 173 Å². The number of hydrogen-bond acceptors (Lipinski definition) is 4. The molecule has 0 N–H and O–H groups in total. The van der Waals surface area contributed by atoms with Gasteiger partial charge < -0.3 is 14.0 Å². The van der Waals surface area contributed by atoms with E-state index in [1.54, 1.807) is 7.11 Å². The van der Waals surface area contributed by atoms with E-state index >= 15 is 0 Å². The van der Waals surface area contributed by atoms with Crippen molar-refractivity contribution in [3.05, 3.63) is 54.4 Å². The van der Waals surface area contributed by atoms with Crippen LogP contribution in [0.5, 0.6) is 11.5 Å². The number of ether oxygens (including phenoxy) is 2. The fourth-order valence-electron chi connectivity index (χ4n) is 4.22. The number of hydrogen-bond donors (Lipinski definition) is 0. The first-order valence-electron chi connectivity index (χ1n) is 10.7. The number of fused-ring (bicyclic) bond motifs is 1. The normalized spacial score (nSPS) is 16.5. The van der Waals surface area contributed by atoms with Gasteiger partial charge in [0.05, 0.1) is 30.7 Å². The summed E-state index contributed by atoms with van der Waals surface area (Å²) in [5.41, 5.74) is 2.25. The van der Waals surface area contributed by atoms with Crippen LogP contribution in [-0.4, -0.2) is 41.3 Å². The van der Waals surface area contributed by atoms with Crippen LogP contribution < -0.4 is 9.47 Å². The van der Waals surface area contributed by atoms with Crippen LogP contribution in [0.4, 0.5) is 0 Å². The third kappa shape index (κ3) is 4.56. The van der Waals surface area contributed by atoms with Crippen molar-refractivity contribution in [1.29, 1.82) is 0 Å². The molecule has 1 aliphatic heterocycles. The molecular formula is C24H31N3O2. The number of para-hydroxylation sites is 2. The molecule has 5 nitrogen and oxygen atoms in total. The third-order valence-corrected chi connectivity index (χ3v) is 5.89. The fraction of sp³-hybridized carbons (Fsp3) is 0.458. The lowest BCUT2D eigenvalue weighted by Crippen LogP contribution is -2.30. The molecule has 1 aliphatic rings. The molecular weight excluding hydrogens is 362 g/mol. The Bertz CT molecular complexity index is 912. The number of benzene rings is 2. The molecule has 0 radical (unpaired) electrons. The zero-order valence-electron chi connectivity index (χ0n) is 17.5. The maximum absolute atomic E-state index is 6.01. The van der Waals surface area contributed by atoms with Gasteiger partial charge >= 0.3 is 0 Å². The molecule has 2 heterocycles. The van der Waals surface area contributed by atoms with E-state index in [-0.39, 0.29) is 0 Å². The molecule has 4 rings (SSSR count). The number of aromatic nitrogens is 2. The summed E-state index contributed by atoms with van der Waals surface area (Å²) in [6.45, 7) is 6.00. The number of methoxy groups -OCH3 is 1. The van der Waals surface area contributed by atoms with E-state index in [9.17, 15) is 0 Å². The van der Waals surface area contributed by atoms with Gasteiger partial charge in [0.15, 0.2) is 0 Å². The first kappa shape index (κ1) is 19.8. The predicted molar refractivity (Wildman–Crippen MR) is 117 cm³/mol. The molecule has 2 aromatic carbocycles. The van der Waals surface area contributed by atoms with Crippen molar-refractivity contribution >= 4 is 11.0 Å². The van der Waals surface area contributed by atoms with Crippen molar-refractivity contribution in [2.75, 3.05) is 26.8 Å². The van der Waals surface area contributed by atoms with Gasteiger partial charge in [0, 0.05) is 0 Å². The Balaban J connectivity index is 1.52. The molecule has 1 atom stereocenters. The molecule has 0 saturated carbocycles. The van der Waals surface area contributed by atoms with E-state index in [1.807, 2.05) is 24.3 Å². The van der Waals surface area contributed by atoms with Crippen molar-refractivity contribution in [1.82, 2.24) is 14.5 Å². The van der Waals surface area contributed by atoms with Crippen LogP contribution >= 0.6 is 0 Å². The van der Waals surface area contributed by atoms with Crippen LogP contribution in [0.2, 0.25) is 0 Å². The standard InChI is InChI=1S/C24H31N3O2/c1-19(26-15-7-3-4-8-16-26)24-25-22-9-5-6-10-23(22)27(24)17-18-29-21-13-11-20(28-2)12-14-21/h5-6,9-14,19H,3-4,7-8,15-18H2,1-2H3. The topological polar surface area (TPSA) is 39.5 Å². The predicted octanol–water partition coefficient (Wildman–Crippen LogP) is 5.06. The largest absolute Gasteiger partial charge is 0.497 e. The number of likely N-dealkylation sites (tertiary alicyclic amines) is 1. The van der Waals surface area contributed by atoms with E-state index in [0.29, 0.717) is 12.6 Å². The molecule has 0 spiro atoms. The van der Waals surface area contributed by atoms with Gasteiger partial charge in [0.2, 0.25) is 0 Å². The summed E-state index contributed by atoms with van der Waals surface area (Å²) in [5, 5.41) is 0. The van der Waals surface area contributed by atoms with Crippen LogP contribution in [0.25, 0.3) is 11.0 Å². The van der Waals surface area contributed by atoms with Crippen LogP contribution in [0.15, 0.2) is 48.5 Å².